The van der Waals surface area contributed by atoms with Crippen LogP contribution in [0.1, 0.15) is 5.56 Å². The van der Waals surface area contributed by atoms with E-state index in [0.717, 1.165) is 17.0 Å². The predicted molar refractivity (Wildman–Crippen MR) is 96.5 cm³/mol. The smallest absolute Gasteiger partial charge is 0.242 e. The minimum absolute atomic E-state index is 0.147. The number of anilines is 1. The summed E-state index contributed by atoms with van der Waals surface area (Å²) < 4.78 is 10.6. The number of carbonyl (C=O) groups excluding carboxylic acids is 1. The summed E-state index contributed by atoms with van der Waals surface area (Å²) >= 11 is 5.89. The Morgan fingerprint density at radius 2 is 1.92 bits per heavy atom. The van der Waals surface area contributed by atoms with Gasteiger partial charge in [-0.05, 0) is 42.0 Å². The second-order valence-corrected chi connectivity index (χ2v) is 6.36. The van der Waals surface area contributed by atoms with Gasteiger partial charge in [0.1, 0.15) is 12.2 Å². The molecule has 9 heteroatoms. The number of nitrogens with one attached hydrogen (secondary N) is 5. The highest BCUT2D eigenvalue weighted by atomic mass is 35.5. The van der Waals surface area contributed by atoms with Crippen molar-refractivity contribution >= 4 is 23.2 Å². The lowest BCUT2D eigenvalue weighted by molar-refractivity contribution is -0.123. The van der Waals surface area contributed by atoms with Crippen LogP contribution in [0.15, 0.2) is 42.5 Å². The molecule has 136 valence electrons. The molecule has 2 aromatic rings. The zero-order valence-corrected chi connectivity index (χ0v) is 14.5. The summed E-state index contributed by atoms with van der Waals surface area (Å²) in [5.41, 5.74) is 10.5. The van der Waals surface area contributed by atoms with Crippen molar-refractivity contribution in [2.45, 2.75) is 18.8 Å². The molecule has 2 heterocycles. The maximum Gasteiger partial charge on any atom is 0.242 e. The van der Waals surface area contributed by atoms with Gasteiger partial charge in [0.2, 0.25) is 12.7 Å². The first kappa shape index (κ1) is 16.9. The van der Waals surface area contributed by atoms with Crippen molar-refractivity contribution in [2.24, 2.45) is 0 Å². The highest BCUT2D eigenvalue weighted by Crippen LogP contribution is 2.32. The molecule has 0 spiro atoms. The van der Waals surface area contributed by atoms with E-state index in [9.17, 15) is 4.79 Å². The van der Waals surface area contributed by atoms with Gasteiger partial charge in [-0.25, -0.2) is 10.9 Å². The van der Waals surface area contributed by atoms with Gasteiger partial charge in [0, 0.05) is 17.3 Å². The topological polar surface area (TPSA) is 95.7 Å². The van der Waals surface area contributed by atoms with Crippen LogP contribution in [-0.2, 0) is 11.3 Å². The number of ether oxygens (including phenoxy) is 2. The lowest BCUT2D eigenvalue weighted by atomic mass is 10.1. The maximum absolute atomic E-state index is 12.5. The first-order valence-corrected chi connectivity index (χ1v) is 8.51. The Hall–Kier alpha value is -2.52. The van der Waals surface area contributed by atoms with E-state index in [0.29, 0.717) is 17.3 Å². The SMILES string of the molecule is O=C(NCc1ccc2c(c1)OCO2)C1NNNC1Nc1ccc(Cl)cc1. The molecule has 0 saturated carbocycles. The molecule has 2 aromatic carbocycles. The third kappa shape index (κ3) is 3.68. The van der Waals surface area contributed by atoms with Gasteiger partial charge in [-0.3, -0.25) is 4.79 Å². The summed E-state index contributed by atoms with van der Waals surface area (Å²) in [7, 11) is 0. The summed E-state index contributed by atoms with van der Waals surface area (Å²) in [6.07, 6.45) is -0.326. The maximum atomic E-state index is 12.5. The molecule has 1 fully saturated rings. The molecule has 5 N–H and O–H groups in total. The van der Waals surface area contributed by atoms with Crippen LogP contribution in [0.3, 0.4) is 0 Å². The highest BCUT2D eigenvalue weighted by molar-refractivity contribution is 6.30. The number of hydrazine groups is 2. The first-order valence-electron chi connectivity index (χ1n) is 8.13. The van der Waals surface area contributed by atoms with Crippen LogP contribution in [0.2, 0.25) is 5.02 Å². The lowest BCUT2D eigenvalue weighted by Gasteiger charge is -2.20. The van der Waals surface area contributed by atoms with Crippen molar-refractivity contribution in [3.05, 3.63) is 53.1 Å². The number of hydrogen-bond acceptors (Lipinski definition) is 7. The molecular formula is C17H18ClN5O3. The van der Waals surface area contributed by atoms with E-state index in [2.05, 4.69) is 27.0 Å². The molecule has 2 unspecified atom stereocenters. The van der Waals surface area contributed by atoms with Crippen molar-refractivity contribution in [1.82, 2.24) is 21.7 Å². The number of carbonyl (C=O) groups is 1. The number of hydrogen-bond donors (Lipinski definition) is 5. The van der Waals surface area contributed by atoms with Crippen LogP contribution in [0.4, 0.5) is 5.69 Å². The lowest BCUT2D eigenvalue weighted by Crippen LogP contribution is -2.50. The summed E-state index contributed by atoms with van der Waals surface area (Å²) in [5.74, 6) is 1.27. The molecular weight excluding hydrogens is 358 g/mol. The Bertz CT molecular complexity index is 801. The Morgan fingerprint density at radius 1 is 1.12 bits per heavy atom. The van der Waals surface area contributed by atoms with Gasteiger partial charge in [0.15, 0.2) is 11.5 Å². The van der Waals surface area contributed by atoms with Crippen molar-refractivity contribution in [2.75, 3.05) is 12.1 Å². The van der Waals surface area contributed by atoms with E-state index in [1.54, 1.807) is 12.1 Å². The number of halogens is 1. The van der Waals surface area contributed by atoms with Gasteiger partial charge >= 0.3 is 0 Å². The molecule has 2 atom stereocenters. The van der Waals surface area contributed by atoms with Gasteiger partial charge < -0.3 is 20.1 Å². The van der Waals surface area contributed by atoms with Crippen LogP contribution in [-0.4, -0.2) is 24.9 Å². The number of fused-ring (bicyclic) bond motifs is 1. The molecule has 0 aromatic heterocycles. The fourth-order valence-corrected chi connectivity index (χ4v) is 2.90. The van der Waals surface area contributed by atoms with E-state index >= 15 is 0 Å². The largest absolute Gasteiger partial charge is 0.454 e. The van der Waals surface area contributed by atoms with E-state index < -0.39 is 6.04 Å². The van der Waals surface area contributed by atoms with Crippen molar-refractivity contribution in [3.63, 3.8) is 0 Å². The van der Waals surface area contributed by atoms with Gasteiger partial charge in [-0.2, -0.15) is 5.53 Å². The van der Waals surface area contributed by atoms with Crippen molar-refractivity contribution < 1.29 is 14.3 Å². The standard InChI is InChI=1S/C17H18ClN5O3/c18-11-2-4-12(5-3-11)20-16-15(21-23-22-16)17(24)19-8-10-1-6-13-14(7-10)26-9-25-13/h1-7,15-16,20-23H,8-9H2,(H,19,24). The van der Waals surface area contributed by atoms with Crippen LogP contribution < -0.4 is 36.5 Å². The summed E-state index contributed by atoms with van der Waals surface area (Å²) in [6, 6.07) is 12.4. The van der Waals surface area contributed by atoms with E-state index in [1.807, 2.05) is 30.3 Å². The van der Waals surface area contributed by atoms with Crippen LogP contribution in [0.5, 0.6) is 11.5 Å². The Morgan fingerprint density at radius 3 is 2.77 bits per heavy atom. The zero-order valence-electron chi connectivity index (χ0n) is 13.7. The van der Waals surface area contributed by atoms with Crippen LogP contribution in [0, 0.1) is 0 Å². The van der Waals surface area contributed by atoms with Crippen molar-refractivity contribution in [1.29, 1.82) is 0 Å². The summed E-state index contributed by atoms with van der Waals surface area (Å²) in [6.45, 7) is 0.619. The number of amides is 1. The molecule has 2 aliphatic heterocycles. The molecule has 4 rings (SSSR count). The number of benzene rings is 2. The van der Waals surface area contributed by atoms with Crippen LogP contribution in [0.25, 0.3) is 0 Å². The monoisotopic (exact) mass is 375 g/mol. The van der Waals surface area contributed by atoms with Gasteiger partial charge in [-0.1, -0.05) is 17.7 Å². The van der Waals surface area contributed by atoms with E-state index in [1.165, 1.54) is 0 Å². The molecule has 8 nitrogen and oxygen atoms in total. The molecule has 0 aliphatic carbocycles. The van der Waals surface area contributed by atoms with Crippen LogP contribution >= 0.6 is 11.6 Å². The minimum atomic E-state index is -0.500. The molecule has 1 amide bonds. The fourth-order valence-electron chi connectivity index (χ4n) is 2.78. The molecule has 0 bridgehead atoms. The summed E-state index contributed by atoms with van der Waals surface area (Å²) in [5, 5.41) is 6.81. The molecule has 0 radical (unpaired) electrons. The van der Waals surface area contributed by atoms with E-state index in [-0.39, 0.29) is 18.9 Å². The quantitative estimate of drug-likeness (QED) is 0.534. The predicted octanol–water partition coefficient (Wildman–Crippen LogP) is 1.10. The van der Waals surface area contributed by atoms with Gasteiger partial charge in [0.25, 0.3) is 0 Å². The third-order valence-electron chi connectivity index (χ3n) is 4.14. The highest BCUT2D eigenvalue weighted by Gasteiger charge is 2.32. The average Bonchev–Trinajstić information content (AvgIpc) is 3.30. The van der Waals surface area contributed by atoms with Crippen molar-refractivity contribution in [3.8, 4) is 11.5 Å². The normalized spacial score (nSPS) is 20.8. The second kappa shape index (κ2) is 7.38. The van der Waals surface area contributed by atoms with Gasteiger partial charge in [-0.15, -0.1) is 0 Å². The van der Waals surface area contributed by atoms with Gasteiger partial charge in [0.05, 0.1) is 0 Å². The summed E-state index contributed by atoms with van der Waals surface area (Å²) in [4.78, 5) is 12.5. The minimum Gasteiger partial charge on any atom is -0.454 e. The Labute approximate surface area is 155 Å². The molecule has 1 saturated heterocycles. The second-order valence-electron chi connectivity index (χ2n) is 5.93. The molecule has 26 heavy (non-hydrogen) atoms. The molecule has 2 aliphatic rings. The van der Waals surface area contributed by atoms with E-state index in [4.69, 9.17) is 21.1 Å². The average molecular weight is 376 g/mol. The fraction of sp³-hybridized carbons (Fsp3) is 0.235. The zero-order chi connectivity index (χ0) is 17.9. The Kier molecular flexibility index (Phi) is 4.81. The third-order valence-corrected chi connectivity index (χ3v) is 4.39. The number of rotatable bonds is 5. The Balaban J connectivity index is 1.35. The first-order chi connectivity index (χ1) is 12.7.